The highest BCUT2D eigenvalue weighted by Gasteiger charge is 2.27. The molecule has 0 atom stereocenters. The maximum absolute atomic E-state index is 5.70. The van der Waals surface area contributed by atoms with Crippen molar-refractivity contribution >= 4 is 28.5 Å². The largest absolute Gasteiger partial charge is 0.442 e. The Balaban J connectivity index is 1.34. The van der Waals surface area contributed by atoms with Gasteiger partial charge < -0.3 is 24.5 Å². The van der Waals surface area contributed by atoms with Crippen LogP contribution in [0, 0.1) is 6.92 Å². The van der Waals surface area contributed by atoms with Gasteiger partial charge in [-0.2, -0.15) is 4.98 Å². The zero-order valence-electron chi connectivity index (χ0n) is 18.8. The van der Waals surface area contributed by atoms with Gasteiger partial charge in [0, 0.05) is 43.8 Å². The molecule has 2 aliphatic rings. The number of piperazine rings is 1. The normalized spacial score (nSPS) is 17.2. The lowest BCUT2D eigenvalue weighted by Crippen LogP contribution is -2.43. The highest BCUT2D eigenvalue weighted by molar-refractivity contribution is 5.88. The van der Waals surface area contributed by atoms with Crippen molar-refractivity contribution in [3.8, 4) is 11.5 Å². The smallest absolute Gasteiger partial charge is 0.230 e. The first-order valence-electron chi connectivity index (χ1n) is 11.7. The molecule has 5 heterocycles. The van der Waals surface area contributed by atoms with Gasteiger partial charge in [0.2, 0.25) is 5.95 Å². The van der Waals surface area contributed by atoms with E-state index in [9.17, 15) is 0 Å². The van der Waals surface area contributed by atoms with Gasteiger partial charge in [0.1, 0.15) is 11.5 Å². The summed E-state index contributed by atoms with van der Waals surface area (Å²) < 4.78 is 8.04. The van der Waals surface area contributed by atoms with Gasteiger partial charge in [0.15, 0.2) is 12.2 Å². The molecule has 0 amide bonds. The Morgan fingerprint density at radius 2 is 1.91 bits per heavy atom. The fourth-order valence-electron chi connectivity index (χ4n) is 5.13. The van der Waals surface area contributed by atoms with Crippen LogP contribution in [-0.4, -0.2) is 50.7 Å². The van der Waals surface area contributed by atoms with Crippen molar-refractivity contribution in [1.29, 1.82) is 0 Å². The third-order valence-electron chi connectivity index (χ3n) is 6.82. The molecule has 0 bridgehead atoms. The van der Waals surface area contributed by atoms with E-state index in [0.29, 0.717) is 12.0 Å². The number of aromatic nitrogens is 5. The van der Waals surface area contributed by atoms with Crippen molar-refractivity contribution in [1.82, 2.24) is 29.8 Å². The molecule has 1 saturated carbocycles. The zero-order valence-corrected chi connectivity index (χ0v) is 18.8. The summed E-state index contributed by atoms with van der Waals surface area (Å²) in [6, 6.07) is 4.50. The zero-order chi connectivity index (χ0) is 22.2. The number of rotatable bonds is 5. The van der Waals surface area contributed by atoms with Crippen LogP contribution in [0.1, 0.15) is 37.3 Å². The molecule has 0 spiro atoms. The molecule has 9 heteroatoms. The van der Waals surface area contributed by atoms with E-state index in [4.69, 9.17) is 9.40 Å². The van der Waals surface area contributed by atoms with Crippen LogP contribution in [0.2, 0.25) is 0 Å². The molecule has 2 N–H and O–H groups in total. The van der Waals surface area contributed by atoms with Crippen molar-refractivity contribution in [2.45, 2.75) is 38.6 Å². The lowest BCUT2D eigenvalue weighted by molar-refractivity contribution is 0.517. The first-order chi connectivity index (χ1) is 16.3. The van der Waals surface area contributed by atoms with E-state index in [2.05, 4.69) is 48.0 Å². The molecular formula is C24H28N8O. The lowest BCUT2D eigenvalue weighted by atomic mass is 10.2. The highest BCUT2D eigenvalue weighted by atomic mass is 16.3. The quantitative estimate of drug-likeness (QED) is 0.476. The number of oxazole rings is 1. The summed E-state index contributed by atoms with van der Waals surface area (Å²) >= 11 is 0. The minimum atomic E-state index is 0.403. The van der Waals surface area contributed by atoms with Crippen molar-refractivity contribution in [3.63, 3.8) is 0 Å². The second kappa shape index (κ2) is 8.47. The van der Waals surface area contributed by atoms with Gasteiger partial charge >= 0.3 is 0 Å². The number of anilines is 3. The van der Waals surface area contributed by atoms with Crippen LogP contribution in [0.15, 0.2) is 41.5 Å². The van der Waals surface area contributed by atoms with E-state index < -0.39 is 0 Å². The third kappa shape index (κ3) is 3.72. The predicted molar refractivity (Wildman–Crippen MR) is 128 cm³/mol. The number of hydrogen-bond donors (Lipinski definition) is 2. The molecule has 0 aromatic carbocycles. The first kappa shape index (κ1) is 20.2. The number of pyridine rings is 1. The monoisotopic (exact) mass is 444 g/mol. The minimum Gasteiger partial charge on any atom is -0.442 e. The van der Waals surface area contributed by atoms with Gasteiger partial charge in [-0.05, 0) is 37.5 Å². The molecule has 2 fully saturated rings. The van der Waals surface area contributed by atoms with E-state index in [0.717, 1.165) is 78.6 Å². The van der Waals surface area contributed by atoms with Gasteiger partial charge in [0.25, 0.3) is 0 Å². The molecule has 1 aliphatic carbocycles. The predicted octanol–water partition coefficient (Wildman–Crippen LogP) is 4.06. The van der Waals surface area contributed by atoms with E-state index >= 15 is 0 Å². The second-order valence-electron chi connectivity index (χ2n) is 8.84. The van der Waals surface area contributed by atoms with Crippen LogP contribution in [0.25, 0.3) is 22.5 Å². The van der Waals surface area contributed by atoms with Gasteiger partial charge in [-0.25, -0.2) is 15.0 Å². The van der Waals surface area contributed by atoms with E-state index in [-0.39, 0.29) is 0 Å². The Bertz CT molecular complexity index is 1240. The molecule has 1 aliphatic heterocycles. The van der Waals surface area contributed by atoms with Gasteiger partial charge in [-0.15, -0.1) is 0 Å². The standard InChI is InChI=1S/C24H28N8O/c1-16-19-13-28-24(29-21-7-6-18(12-27-21)31-10-8-25-9-11-31)30-23(19)32(17-4-2-3-5-17)22(16)20-14-26-15-33-20/h6-7,12-15,17,25H,2-5,8-11H2,1H3,(H,27,28,29,30). The molecular weight excluding hydrogens is 416 g/mol. The third-order valence-corrected chi connectivity index (χ3v) is 6.82. The van der Waals surface area contributed by atoms with E-state index in [1.54, 1.807) is 6.20 Å². The number of hydrogen-bond acceptors (Lipinski definition) is 8. The van der Waals surface area contributed by atoms with Gasteiger partial charge in [-0.1, -0.05) is 12.8 Å². The Labute approximate surface area is 192 Å². The summed E-state index contributed by atoms with van der Waals surface area (Å²) in [5, 5.41) is 7.72. The highest BCUT2D eigenvalue weighted by Crippen LogP contribution is 2.40. The average Bonchev–Trinajstić information content (AvgIpc) is 3.61. The summed E-state index contributed by atoms with van der Waals surface area (Å²) in [5.74, 6) is 2.06. The Hall–Kier alpha value is -3.46. The van der Waals surface area contributed by atoms with Crippen molar-refractivity contribution in [2.24, 2.45) is 0 Å². The minimum absolute atomic E-state index is 0.403. The number of nitrogens with zero attached hydrogens (tertiary/aromatic N) is 6. The molecule has 6 rings (SSSR count). The van der Waals surface area contributed by atoms with Crippen molar-refractivity contribution in [3.05, 3.63) is 42.7 Å². The molecule has 0 radical (unpaired) electrons. The number of fused-ring (bicyclic) bond motifs is 1. The molecule has 0 unspecified atom stereocenters. The SMILES string of the molecule is Cc1c(-c2cnco2)n(C2CCCC2)c2nc(Nc3ccc(N4CCNCC4)cn3)ncc12. The average molecular weight is 445 g/mol. The number of aryl methyl sites for hydroxylation is 1. The molecule has 4 aromatic heterocycles. The summed E-state index contributed by atoms with van der Waals surface area (Å²) in [4.78, 5) is 20.6. The van der Waals surface area contributed by atoms with Crippen LogP contribution >= 0.6 is 0 Å². The fraction of sp³-hybridized carbons (Fsp3) is 0.417. The number of nitrogens with one attached hydrogen (secondary N) is 2. The van der Waals surface area contributed by atoms with Gasteiger partial charge in [-0.3, -0.25) is 0 Å². The first-order valence-corrected chi connectivity index (χ1v) is 11.7. The molecule has 4 aromatic rings. The molecule has 9 nitrogen and oxygen atoms in total. The van der Waals surface area contributed by atoms with E-state index in [1.165, 1.54) is 19.2 Å². The van der Waals surface area contributed by atoms with Crippen LogP contribution < -0.4 is 15.5 Å². The van der Waals surface area contributed by atoms with Crippen LogP contribution in [0.3, 0.4) is 0 Å². The van der Waals surface area contributed by atoms with Crippen LogP contribution in [0.5, 0.6) is 0 Å². The van der Waals surface area contributed by atoms with Crippen molar-refractivity contribution in [2.75, 3.05) is 36.4 Å². The fourth-order valence-corrected chi connectivity index (χ4v) is 5.13. The second-order valence-corrected chi connectivity index (χ2v) is 8.84. The molecule has 1 saturated heterocycles. The topological polar surface area (TPSA) is 96.9 Å². The van der Waals surface area contributed by atoms with Crippen LogP contribution in [-0.2, 0) is 0 Å². The summed E-state index contributed by atoms with van der Waals surface area (Å²) in [5.41, 5.74) is 4.25. The summed E-state index contributed by atoms with van der Waals surface area (Å²) in [6.45, 7) is 6.12. The Morgan fingerprint density at radius 1 is 1.06 bits per heavy atom. The summed E-state index contributed by atoms with van der Waals surface area (Å²) in [6.07, 6.45) is 11.8. The molecule has 170 valence electrons. The van der Waals surface area contributed by atoms with Crippen molar-refractivity contribution < 1.29 is 4.42 Å². The lowest BCUT2D eigenvalue weighted by Gasteiger charge is -2.29. The van der Waals surface area contributed by atoms with Crippen LogP contribution in [0.4, 0.5) is 17.5 Å². The summed E-state index contributed by atoms with van der Waals surface area (Å²) in [7, 11) is 0. The molecule has 33 heavy (non-hydrogen) atoms. The van der Waals surface area contributed by atoms with Gasteiger partial charge in [0.05, 0.1) is 23.8 Å². The van der Waals surface area contributed by atoms with E-state index in [1.807, 2.05) is 18.5 Å². The maximum atomic E-state index is 5.70. The Kier molecular flexibility index (Phi) is 5.18. The maximum Gasteiger partial charge on any atom is 0.230 e. The Morgan fingerprint density at radius 3 is 2.64 bits per heavy atom.